The van der Waals surface area contributed by atoms with Gasteiger partial charge in [0.2, 0.25) is 0 Å². The number of methoxy groups -OCH3 is 1. The summed E-state index contributed by atoms with van der Waals surface area (Å²) in [5.74, 6) is 0.816. The van der Waals surface area contributed by atoms with Gasteiger partial charge in [0.15, 0.2) is 0 Å². The predicted octanol–water partition coefficient (Wildman–Crippen LogP) is 2.82. The standard InChI is InChI=1S/C15H18O3/c1-14(11-5-7-12(17-2)8-6-11)10-15(14)9-3-4-13(16)18-15/h5-8H,3-4,9-10H2,1-2H3/t14-,15+/m1/s1. The predicted molar refractivity (Wildman–Crippen MR) is 67.6 cm³/mol. The van der Waals surface area contributed by atoms with E-state index in [9.17, 15) is 4.79 Å². The van der Waals surface area contributed by atoms with Gasteiger partial charge in [-0.15, -0.1) is 0 Å². The lowest BCUT2D eigenvalue weighted by atomic mass is 9.90. The molecule has 1 saturated carbocycles. The minimum atomic E-state index is -0.239. The lowest BCUT2D eigenvalue weighted by Crippen LogP contribution is -2.32. The normalized spacial score (nSPS) is 34.2. The summed E-state index contributed by atoms with van der Waals surface area (Å²) >= 11 is 0. The maximum absolute atomic E-state index is 11.5. The molecule has 3 nitrogen and oxygen atoms in total. The third kappa shape index (κ3) is 1.53. The van der Waals surface area contributed by atoms with Gasteiger partial charge >= 0.3 is 5.97 Å². The minimum Gasteiger partial charge on any atom is -0.497 e. The van der Waals surface area contributed by atoms with Crippen molar-refractivity contribution in [2.75, 3.05) is 7.11 Å². The van der Waals surface area contributed by atoms with E-state index in [1.54, 1.807) is 7.11 Å². The van der Waals surface area contributed by atoms with Gasteiger partial charge in [0.25, 0.3) is 0 Å². The first-order chi connectivity index (χ1) is 8.60. The Morgan fingerprint density at radius 3 is 2.61 bits per heavy atom. The summed E-state index contributed by atoms with van der Waals surface area (Å²) < 4.78 is 10.8. The van der Waals surface area contributed by atoms with Crippen molar-refractivity contribution in [2.45, 2.75) is 43.6 Å². The molecule has 2 fully saturated rings. The van der Waals surface area contributed by atoms with Gasteiger partial charge in [0, 0.05) is 18.3 Å². The van der Waals surface area contributed by atoms with Crippen LogP contribution in [0.3, 0.4) is 0 Å². The highest BCUT2D eigenvalue weighted by molar-refractivity contribution is 5.72. The van der Waals surface area contributed by atoms with Crippen LogP contribution < -0.4 is 4.74 Å². The maximum Gasteiger partial charge on any atom is 0.306 e. The van der Waals surface area contributed by atoms with Crippen molar-refractivity contribution in [3.63, 3.8) is 0 Å². The Hall–Kier alpha value is -1.51. The molecule has 2 atom stereocenters. The second kappa shape index (κ2) is 3.74. The van der Waals surface area contributed by atoms with Crippen molar-refractivity contribution in [3.8, 4) is 5.75 Å². The minimum absolute atomic E-state index is 0.0185. The van der Waals surface area contributed by atoms with Crippen LogP contribution in [0.2, 0.25) is 0 Å². The number of benzene rings is 1. The molecule has 0 N–H and O–H groups in total. The Kier molecular flexibility index (Phi) is 2.40. The first kappa shape index (κ1) is 11.6. The summed E-state index contributed by atoms with van der Waals surface area (Å²) in [5, 5.41) is 0. The van der Waals surface area contributed by atoms with Gasteiger partial charge in [0.05, 0.1) is 7.11 Å². The van der Waals surface area contributed by atoms with Crippen LogP contribution in [0.1, 0.15) is 38.2 Å². The fraction of sp³-hybridized carbons (Fsp3) is 0.533. The van der Waals surface area contributed by atoms with Crippen LogP contribution in [0.4, 0.5) is 0 Å². The summed E-state index contributed by atoms with van der Waals surface area (Å²) in [6.45, 7) is 2.19. The molecule has 1 spiro atoms. The fourth-order valence-corrected chi connectivity index (χ4v) is 3.20. The van der Waals surface area contributed by atoms with E-state index in [4.69, 9.17) is 9.47 Å². The van der Waals surface area contributed by atoms with Crippen LogP contribution in [-0.4, -0.2) is 18.7 Å². The molecule has 96 valence electrons. The Morgan fingerprint density at radius 2 is 2.00 bits per heavy atom. The molecule has 1 aliphatic carbocycles. The lowest BCUT2D eigenvalue weighted by Gasteiger charge is -2.27. The van der Waals surface area contributed by atoms with E-state index < -0.39 is 0 Å². The molecular formula is C15H18O3. The molecule has 1 aromatic rings. The summed E-state index contributed by atoms with van der Waals surface area (Å²) in [6.07, 6.45) is 3.45. The number of ether oxygens (including phenoxy) is 2. The third-order valence-electron chi connectivity index (χ3n) is 4.52. The van der Waals surface area contributed by atoms with Gasteiger partial charge < -0.3 is 9.47 Å². The van der Waals surface area contributed by atoms with Crippen LogP contribution in [0.5, 0.6) is 5.75 Å². The number of carbonyl (C=O) groups excluding carboxylic acids is 1. The van der Waals surface area contributed by atoms with Crippen LogP contribution in [0.25, 0.3) is 0 Å². The highest BCUT2D eigenvalue weighted by Gasteiger charge is 2.68. The van der Waals surface area contributed by atoms with E-state index in [0.29, 0.717) is 6.42 Å². The summed E-state index contributed by atoms with van der Waals surface area (Å²) in [6, 6.07) is 8.10. The van der Waals surface area contributed by atoms with Crippen LogP contribution in [0, 0.1) is 0 Å². The number of carbonyl (C=O) groups is 1. The van der Waals surface area contributed by atoms with E-state index in [-0.39, 0.29) is 17.0 Å². The molecule has 0 amide bonds. The molecule has 3 heteroatoms. The third-order valence-corrected chi connectivity index (χ3v) is 4.52. The Bertz CT molecular complexity index is 479. The van der Waals surface area contributed by atoms with E-state index >= 15 is 0 Å². The second-order valence-electron chi connectivity index (χ2n) is 5.56. The average molecular weight is 246 g/mol. The summed E-state index contributed by atoms with van der Waals surface area (Å²) in [5.41, 5.74) is 0.977. The van der Waals surface area contributed by atoms with E-state index in [2.05, 4.69) is 19.1 Å². The highest BCUT2D eigenvalue weighted by Crippen LogP contribution is 2.63. The molecule has 1 heterocycles. The zero-order valence-corrected chi connectivity index (χ0v) is 10.9. The largest absolute Gasteiger partial charge is 0.497 e. The summed E-state index contributed by atoms with van der Waals surface area (Å²) in [4.78, 5) is 11.5. The maximum atomic E-state index is 11.5. The zero-order valence-electron chi connectivity index (χ0n) is 10.9. The van der Waals surface area contributed by atoms with Gasteiger partial charge in [-0.2, -0.15) is 0 Å². The molecule has 1 aromatic carbocycles. The average Bonchev–Trinajstić information content (AvgIpc) is 2.94. The number of esters is 1. The fourth-order valence-electron chi connectivity index (χ4n) is 3.20. The van der Waals surface area contributed by atoms with Gasteiger partial charge in [-0.05, 0) is 30.5 Å². The molecule has 0 radical (unpaired) electrons. The van der Waals surface area contributed by atoms with Crippen molar-refractivity contribution in [1.29, 1.82) is 0 Å². The molecule has 0 unspecified atom stereocenters. The SMILES string of the molecule is COc1ccc([C@@]2(C)C[C@@]23CCCC(=O)O3)cc1. The van der Waals surface area contributed by atoms with Gasteiger partial charge in [-0.1, -0.05) is 19.1 Å². The first-order valence-electron chi connectivity index (χ1n) is 6.46. The van der Waals surface area contributed by atoms with E-state index in [1.165, 1.54) is 5.56 Å². The molecule has 0 aromatic heterocycles. The monoisotopic (exact) mass is 246 g/mol. The molecule has 2 aliphatic rings. The van der Waals surface area contributed by atoms with Crippen LogP contribution in [0.15, 0.2) is 24.3 Å². The summed E-state index contributed by atoms with van der Waals surface area (Å²) in [7, 11) is 1.66. The van der Waals surface area contributed by atoms with Gasteiger partial charge in [0.1, 0.15) is 11.4 Å². The number of hydrogen-bond acceptors (Lipinski definition) is 3. The van der Waals surface area contributed by atoms with Crippen molar-refractivity contribution >= 4 is 5.97 Å². The van der Waals surface area contributed by atoms with Crippen molar-refractivity contribution in [3.05, 3.63) is 29.8 Å². The molecular weight excluding hydrogens is 228 g/mol. The molecule has 1 saturated heterocycles. The van der Waals surface area contributed by atoms with Crippen LogP contribution in [-0.2, 0) is 14.9 Å². The van der Waals surface area contributed by atoms with Gasteiger partial charge in [-0.25, -0.2) is 0 Å². The zero-order chi connectivity index (χ0) is 12.8. The highest BCUT2D eigenvalue weighted by atomic mass is 16.6. The lowest BCUT2D eigenvalue weighted by molar-refractivity contribution is -0.157. The molecule has 1 aliphatic heterocycles. The smallest absolute Gasteiger partial charge is 0.306 e. The van der Waals surface area contributed by atoms with E-state index in [0.717, 1.165) is 25.0 Å². The van der Waals surface area contributed by atoms with Crippen molar-refractivity contribution in [1.82, 2.24) is 0 Å². The first-order valence-corrected chi connectivity index (χ1v) is 6.46. The quantitative estimate of drug-likeness (QED) is 0.753. The Labute approximate surface area is 107 Å². The van der Waals surface area contributed by atoms with Crippen LogP contribution >= 0.6 is 0 Å². The Morgan fingerprint density at radius 1 is 1.28 bits per heavy atom. The number of rotatable bonds is 2. The second-order valence-corrected chi connectivity index (χ2v) is 5.56. The van der Waals surface area contributed by atoms with Gasteiger partial charge in [-0.3, -0.25) is 4.79 Å². The van der Waals surface area contributed by atoms with E-state index in [1.807, 2.05) is 12.1 Å². The topological polar surface area (TPSA) is 35.5 Å². The number of hydrogen-bond donors (Lipinski definition) is 0. The molecule has 3 rings (SSSR count). The Balaban J connectivity index is 1.86. The molecule has 0 bridgehead atoms. The van der Waals surface area contributed by atoms with Crippen molar-refractivity contribution < 1.29 is 14.3 Å². The molecule has 18 heavy (non-hydrogen) atoms. The van der Waals surface area contributed by atoms with Crippen molar-refractivity contribution in [2.24, 2.45) is 0 Å².